The molecule has 0 amide bonds. The van der Waals surface area contributed by atoms with E-state index in [1.165, 1.54) is 33.5 Å². The molecule has 0 atom stereocenters. The van der Waals surface area contributed by atoms with Crippen LogP contribution in [-0.2, 0) is 19.3 Å². The van der Waals surface area contributed by atoms with Gasteiger partial charge in [0.2, 0.25) is 0 Å². The maximum atomic E-state index is 5.74. The van der Waals surface area contributed by atoms with Crippen molar-refractivity contribution in [3.63, 3.8) is 0 Å². The minimum Gasteiger partial charge on any atom is -0.496 e. The summed E-state index contributed by atoms with van der Waals surface area (Å²) in [6, 6.07) is 12.4. The van der Waals surface area contributed by atoms with Gasteiger partial charge in [0.05, 0.1) is 27.0 Å². The lowest BCUT2D eigenvalue weighted by Gasteiger charge is -2.20. The Morgan fingerprint density at radius 3 is 2.14 bits per heavy atom. The van der Waals surface area contributed by atoms with Gasteiger partial charge in [-0.15, -0.1) is 0 Å². The van der Waals surface area contributed by atoms with E-state index in [1.807, 2.05) is 12.1 Å². The molecule has 1 aromatic heterocycles. The molecule has 0 bridgehead atoms. The smallest absolute Gasteiger partial charge is 0.161 e. The first-order chi connectivity index (χ1) is 14.2. The molecule has 1 heterocycles. The van der Waals surface area contributed by atoms with Crippen LogP contribution >= 0.6 is 0 Å². The molecule has 0 fully saturated rings. The topological polar surface area (TPSA) is 40.6 Å². The highest BCUT2D eigenvalue weighted by Crippen LogP contribution is 2.49. The third-order valence-electron chi connectivity index (χ3n) is 5.76. The summed E-state index contributed by atoms with van der Waals surface area (Å²) in [5.41, 5.74) is 9.50. The van der Waals surface area contributed by atoms with E-state index in [-0.39, 0.29) is 0 Å². The monoisotopic (exact) mass is 389 g/mol. The van der Waals surface area contributed by atoms with Crippen molar-refractivity contribution < 1.29 is 14.2 Å². The average Bonchev–Trinajstić information content (AvgIpc) is 3.13. The second kappa shape index (κ2) is 7.78. The Morgan fingerprint density at radius 1 is 0.793 bits per heavy atom. The molecular weight excluding hydrogens is 362 g/mol. The molecule has 0 saturated carbocycles. The fourth-order valence-electron chi connectivity index (χ4n) is 4.45. The number of fused-ring (bicyclic) bond motifs is 3. The summed E-state index contributed by atoms with van der Waals surface area (Å²) in [5.74, 6) is 2.37. The van der Waals surface area contributed by atoms with E-state index in [0.29, 0.717) is 0 Å². The number of benzene rings is 2. The highest BCUT2D eigenvalue weighted by Gasteiger charge is 2.29. The molecule has 0 aliphatic heterocycles. The molecule has 0 N–H and O–H groups in total. The highest BCUT2D eigenvalue weighted by atomic mass is 16.5. The quantitative estimate of drug-likeness (QED) is 0.438. The second-order valence-corrected chi connectivity index (χ2v) is 7.18. The largest absolute Gasteiger partial charge is 0.496 e. The lowest BCUT2D eigenvalue weighted by atomic mass is 9.88. The van der Waals surface area contributed by atoms with Crippen LogP contribution in [-0.4, -0.2) is 26.3 Å². The van der Waals surface area contributed by atoms with Crippen LogP contribution in [0.15, 0.2) is 36.4 Å². The van der Waals surface area contributed by atoms with E-state index in [2.05, 4.69) is 38.1 Å². The van der Waals surface area contributed by atoms with Crippen LogP contribution in [0, 0.1) is 0 Å². The summed E-state index contributed by atoms with van der Waals surface area (Å²) in [6.45, 7) is 4.37. The fraction of sp³-hybridized carbons (Fsp3) is 0.320. The number of hydrogen-bond acceptors (Lipinski definition) is 4. The van der Waals surface area contributed by atoms with Gasteiger partial charge in [-0.3, -0.25) is 4.98 Å². The van der Waals surface area contributed by atoms with Crippen LogP contribution in [0.2, 0.25) is 0 Å². The summed E-state index contributed by atoms with van der Waals surface area (Å²) in [4.78, 5) is 5.09. The van der Waals surface area contributed by atoms with Crippen LogP contribution in [0.3, 0.4) is 0 Å². The van der Waals surface area contributed by atoms with Crippen molar-refractivity contribution in [2.45, 2.75) is 33.1 Å². The van der Waals surface area contributed by atoms with E-state index in [4.69, 9.17) is 19.2 Å². The van der Waals surface area contributed by atoms with Crippen LogP contribution in [0.4, 0.5) is 0 Å². The van der Waals surface area contributed by atoms with Crippen LogP contribution in [0.5, 0.6) is 17.2 Å². The van der Waals surface area contributed by atoms with Crippen molar-refractivity contribution in [3.8, 4) is 39.5 Å². The van der Waals surface area contributed by atoms with Crippen LogP contribution in [0.1, 0.15) is 36.4 Å². The third-order valence-corrected chi connectivity index (χ3v) is 5.76. The lowest BCUT2D eigenvalue weighted by molar-refractivity contribution is 0.355. The van der Waals surface area contributed by atoms with Gasteiger partial charge in [-0.1, -0.05) is 32.0 Å². The Kier molecular flexibility index (Phi) is 5.18. The maximum absolute atomic E-state index is 5.74. The molecule has 150 valence electrons. The van der Waals surface area contributed by atoms with Crippen molar-refractivity contribution in [1.82, 2.24) is 4.98 Å². The van der Waals surface area contributed by atoms with E-state index in [0.717, 1.165) is 47.8 Å². The van der Waals surface area contributed by atoms with Gasteiger partial charge < -0.3 is 14.2 Å². The molecule has 1 aliphatic rings. The third kappa shape index (κ3) is 3.03. The first kappa shape index (κ1) is 19.3. The summed E-state index contributed by atoms with van der Waals surface area (Å²) < 4.78 is 16.9. The Labute approximate surface area is 172 Å². The molecule has 3 aromatic rings. The molecule has 0 spiro atoms. The second-order valence-electron chi connectivity index (χ2n) is 7.18. The Bertz CT molecular complexity index is 1070. The van der Waals surface area contributed by atoms with Gasteiger partial charge in [-0.05, 0) is 47.7 Å². The van der Waals surface area contributed by atoms with Gasteiger partial charge in [-0.25, -0.2) is 0 Å². The number of rotatable bonds is 6. The van der Waals surface area contributed by atoms with E-state index >= 15 is 0 Å². The van der Waals surface area contributed by atoms with Gasteiger partial charge >= 0.3 is 0 Å². The summed E-state index contributed by atoms with van der Waals surface area (Å²) in [7, 11) is 5.08. The summed E-state index contributed by atoms with van der Waals surface area (Å²) in [5, 5.41) is 0. The Morgan fingerprint density at radius 2 is 1.48 bits per heavy atom. The van der Waals surface area contributed by atoms with E-state index < -0.39 is 0 Å². The molecule has 2 aromatic carbocycles. The number of pyridine rings is 1. The normalized spacial score (nSPS) is 11.8. The number of ether oxygens (including phenoxy) is 3. The first-order valence-corrected chi connectivity index (χ1v) is 10.1. The number of para-hydroxylation sites is 1. The lowest BCUT2D eigenvalue weighted by Crippen LogP contribution is -2.04. The minimum absolute atomic E-state index is 0.739. The van der Waals surface area contributed by atoms with Crippen molar-refractivity contribution >= 4 is 0 Å². The predicted octanol–water partition coefficient (Wildman–Crippen LogP) is 5.47. The van der Waals surface area contributed by atoms with Crippen molar-refractivity contribution in [2.75, 3.05) is 21.3 Å². The molecule has 29 heavy (non-hydrogen) atoms. The van der Waals surface area contributed by atoms with Gasteiger partial charge in [0.1, 0.15) is 5.75 Å². The summed E-state index contributed by atoms with van der Waals surface area (Å²) in [6.07, 6.45) is 2.62. The Balaban J connectivity index is 2.09. The van der Waals surface area contributed by atoms with Crippen LogP contribution in [0.25, 0.3) is 22.3 Å². The van der Waals surface area contributed by atoms with Gasteiger partial charge in [0, 0.05) is 28.8 Å². The maximum Gasteiger partial charge on any atom is 0.161 e. The van der Waals surface area contributed by atoms with Crippen molar-refractivity contribution in [2.24, 2.45) is 0 Å². The standard InChI is InChI=1S/C25H27NO3/c1-6-16-19(7-2)26-20-12-15-13-22(28-4)23(29-5)14-18(15)25(20)24(16)17-10-8-9-11-21(17)27-3/h8-11,13-14H,6-7,12H2,1-5H3. The highest BCUT2D eigenvalue weighted by molar-refractivity contribution is 5.94. The van der Waals surface area contributed by atoms with Gasteiger partial charge in [0.15, 0.2) is 11.5 Å². The molecule has 4 heteroatoms. The molecule has 1 aliphatic carbocycles. The van der Waals surface area contributed by atoms with Crippen molar-refractivity contribution in [1.29, 1.82) is 0 Å². The molecule has 4 rings (SSSR count). The molecular formula is C25H27NO3. The molecule has 0 radical (unpaired) electrons. The average molecular weight is 389 g/mol. The predicted molar refractivity (Wildman–Crippen MR) is 116 cm³/mol. The molecule has 4 nitrogen and oxygen atoms in total. The van der Waals surface area contributed by atoms with Gasteiger partial charge in [-0.2, -0.15) is 0 Å². The Hall–Kier alpha value is -3.01. The fourth-order valence-corrected chi connectivity index (χ4v) is 4.45. The zero-order valence-electron chi connectivity index (χ0n) is 17.8. The first-order valence-electron chi connectivity index (χ1n) is 10.1. The van der Waals surface area contributed by atoms with Crippen LogP contribution < -0.4 is 14.2 Å². The zero-order chi connectivity index (χ0) is 20.5. The zero-order valence-corrected chi connectivity index (χ0v) is 17.8. The van der Waals surface area contributed by atoms with Gasteiger partial charge in [0.25, 0.3) is 0 Å². The number of aromatic nitrogens is 1. The van der Waals surface area contributed by atoms with Crippen molar-refractivity contribution in [3.05, 3.63) is 58.9 Å². The molecule has 0 saturated heterocycles. The molecule has 0 unspecified atom stereocenters. The number of nitrogens with zero attached hydrogens (tertiary/aromatic N) is 1. The number of hydrogen-bond donors (Lipinski definition) is 0. The SMILES string of the molecule is CCc1nc2c(c(-c3ccccc3OC)c1CC)-c1cc(OC)c(OC)cc1C2. The number of aryl methyl sites for hydroxylation is 1. The van der Waals surface area contributed by atoms with E-state index in [1.54, 1.807) is 21.3 Å². The number of methoxy groups -OCH3 is 3. The van der Waals surface area contributed by atoms with E-state index in [9.17, 15) is 0 Å². The summed E-state index contributed by atoms with van der Waals surface area (Å²) >= 11 is 0. The minimum atomic E-state index is 0.739.